The molecule has 0 fully saturated rings. The zero-order valence-corrected chi connectivity index (χ0v) is 9.97. The summed E-state index contributed by atoms with van der Waals surface area (Å²) in [5.74, 6) is 3.23. The average molecular weight is 227 g/mol. The van der Waals surface area contributed by atoms with Crippen LogP contribution in [0.4, 0.5) is 5.82 Å². The van der Waals surface area contributed by atoms with Crippen LogP contribution in [-0.2, 0) is 12.2 Å². The van der Waals surface area contributed by atoms with Gasteiger partial charge in [-0.1, -0.05) is 11.8 Å². The van der Waals surface area contributed by atoms with Crippen LogP contribution < -0.4 is 5.32 Å². The van der Waals surface area contributed by atoms with Crippen LogP contribution in [0.25, 0.3) is 0 Å². The van der Waals surface area contributed by atoms with Gasteiger partial charge in [0.25, 0.3) is 0 Å². The van der Waals surface area contributed by atoms with E-state index in [0.29, 0.717) is 0 Å². The summed E-state index contributed by atoms with van der Waals surface area (Å²) in [6.45, 7) is 0. The van der Waals surface area contributed by atoms with Crippen LogP contribution in [0.2, 0.25) is 0 Å². The molecule has 0 spiro atoms. The highest BCUT2D eigenvalue weighted by atomic mass is 32.2. The van der Waals surface area contributed by atoms with E-state index in [1.165, 1.54) is 17.0 Å². The Morgan fingerprint density at radius 2 is 2.29 bits per heavy atom. The van der Waals surface area contributed by atoms with Crippen molar-refractivity contribution in [1.82, 2.24) is 9.97 Å². The highest BCUT2D eigenvalue weighted by Gasteiger charge is 2.16. The van der Waals surface area contributed by atoms with Gasteiger partial charge in [0.05, 0.1) is 5.69 Å². The maximum absolute atomic E-state index is 4.53. The molecule has 0 amide bonds. The molecule has 76 valence electrons. The van der Waals surface area contributed by atoms with E-state index in [9.17, 15) is 0 Å². The minimum Gasteiger partial charge on any atom is -0.373 e. The number of aromatic nitrogens is 2. The van der Waals surface area contributed by atoms with Gasteiger partial charge in [-0.25, -0.2) is 9.97 Å². The molecule has 2 heterocycles. The maximum atomic E-state index is 4.53. The molecule has 0 aliphatic carbocycles. The van der Waals surface area contributed by atoms with E-state index < -0.39 is 0 Å². The van der Waals surface area contributed by atoms with Gasteiger partial charge in [-0.05, 0) is 18.4 Å². The van der Waals surface area contributed by atoms with Crippen molar-refractivity contribution in [2.24, 2.45) is 0 Å². The van der Waals surface area contributed by atoms with Crippen molar-refractivity contribution in [3.05, 3.63) is 11.3 Å². The number of thioether (sulfide) groups is 2. The quantitative estimate of drug-likeness (QED) is 0.618. The number of hydrogen-bond donors (Lipinski definition) is 1. The Labute approximate surface area is 92.5 Å². The lowest BCUT2D eigenvalue weighted by Gasteiger charge is -2.17. The third-order valence-corrected chi connectivity index (χ3v) is 3.74. The van der Waals surface area contributed by atoms with E-state index in [1.54, 1.807) is 11.8 Å². The van der Waals surface area contributed by atoms with Gasteiger partial charge in [-0.3, -0.25) is 0 Å². The van der Waals surface area contributed by atoms with Crippen LogP contribution >= 0.6 is 23.5 Å². The van der Waals surface area contributed by atoms with E-state index >= 15 is 0 Å². The smallest absolute Gasteiger partial charge is 0.189 e. The second kappa shape index (κ2) is 4.40. The van der Waals surface area contributed by atoms with Crippen molar-refractivity contribution >= 4 is 29.3 Å². The SMILES string of the molecule is CNc1nc(SC)nc2c1CCSC2. The Hall–Kier alpha value is -0.420. The van der Waals surface area contributed by atoms with Gasteiger partial charge in [0.15, 0.2) is 5.16 Å². The standard InChI is InChI=1S/C9H13N3S2/c1-10-8-6-3-4-14-5-7(6)11-9(12-8)13-2/h3-5H2,1-2H3,(H,10,11,12). The fourth-order valence-corrected chi connectivity index (χ4v) is 2.84. The Bertz CT molecular complexity index is 324. The van der Waals surface area contributed by atoms with E-state index in [-0.39, 0.29) is 0 Å². The second-order valence-corrected chi connectivity index (χ2v) is 4.92. The maximum Gasteiger partial charge on any atom is 0.189 e. The molecule has 1 N–H and O–H groups in total. The highest BCUT2D eigenvalue weighted by Crippen LogP contribution is 2.29. The van der Waals surface area contributed by atoms with Crippen molar-refractivity contribution in [2.45, 2.75) is 17.3 Å². The van der Waals surface area contributed by atoms with Crippen LogP contribution in [0.3, 0.4) is 0 Å². The lowest BCUT2D eigenvalue weighted by molar-refractivity contribution is 0.880. The number of hydrogen-bond acceptors (Lipinski definition) is 5. The fraction of sp³-hybridized carbons (Fsp3) is 0.556. The largest absolute Gasteiger partial charge is 0.373 e. The molecule has 0 bridgehead atoms. The zero-order valence-electron chi connectivity index (χ0n) is 8.33. The highest BCUT2D eigenvalue weighted by molar-refractivity contribution is 7.98. The van der Waals surface area contributed by atoms with Crippen molar-refractivity contribution in [3.63, 3.8) is 0 Å². The topological polar surface area (TPSA) is 37.8 Å². The first-order valence-corrected chi connectivity index (χ1v) is 6.92. The van der Waals surface area contributed by atoms with Gasteiger partial charge >= 0.3 is 0 Å². The van der Waals surface area contributed by atoms with Crippen molar-refractivity contribution in [1.29, 1.82) is 0 Å². The summed E-state index contributed by atoms with van der Waals surface area (Å²) in [7, 11) is 1.93. The van der Waals surface area contributed by atoms with Crippen LogP contribution in [0.1, 0.15) is 11.3 Å². The summed E-state index contributed by atoms with van der Waals surface area (Å²) >= 11 is 3.55. The van der Waals surface area contributed by atoms with Crippen LogP contribution in [-0.4, -0.2) is 29.0 Å². The molecular weight excluding hydrogens is 214 g/mol. The Kier molecular flexibility index (Phi) is 3.18. The fourth-order valence-electron chi connectivity index (χ4n) is 1.53. The molecule has 1 aliphatic heterocycles. The van der Waals surface area contributed by atoms with E-state index in [2.05, 4.69) is 15.3 Å². The second-order valence-electron chi connectivity index (χ2n) is 3.04. The van der Waals surface area contributed by atoms with Crippen LogP contribution in [0.5, 0.6) is 0 Å². The average Bonchev–Trinajstić information content (AvgIpc) is 2.27. The first-order chi connectivity index (χ1) is 6.85. The zero-order chi connectivity index (χ0) is 9.97. The minimum absolute atomic E-state index is 0.871. The molecule has 5 heteroatoms. The Balaban J connectivity index is 2.47. The number of nitrogens with zero attached hydrogens (tertiary/aromatic N) is 2. The van der Waals surface area contributed by atoms with E-state index in [4.69, 9.17) is 0 Å². The molecule has 0 radical (unpaired) electrons. The molecule has 0 saturated carbocycles. The van der Waals surface area contributed by atoms with Crippen LogP contribution in [0, 0.1) is 0 Å². The lowest BCUT2D eigenvalue weighted by atomic mass is 10.1. The number of anilines is 1. The summed E-state index contributed by atoms with van der Waals surface area (Å²) < 4.78 is 0. The third-order valence-electron chi connectivity index (χ3n) is 2.23. The predicted octanol–water partition coefficient (Wildman–Crippen LogP) is 2.03. The molecule has 1 aromatic heterocycles. The predicted molar refractivity (Wildman–Crippen MR) is 63.2 cm³/mol. The van der Waals surface area contributed by atoms with E-state index in [0.717, 1.165) is 23.1 Å². The van der Waals surface area contributed by atoms with Gasteiger partial charge in [0.2, 0.25) is 0 Å². The third kappa shape index (κ3) is 1.83. The van der Waals surface area contributed by atoms with Gasteiger partial charge in [0.1, 0.15) is 5.82 Å². The van der Waals surface area contributed by atoms with Gasteiger partial charge in [0, 0.05) is 18.4 Å². The molecule has 0 atom stereocenters. The van der Waals surface area contributed by atoms with Crippen molar-refractivity contribution in [3.8, 4) is 0 Å². The first kappa shape index (κ1) is 10.1. The number of nitrogens with one attached hydrogen (secondary N) is 1. The summed E-state index contributed by atoms with van der Waals surface area (Å²) in [5.41, 5.74) is 2.52. The van der Waals surface area contributed by atoms with Gasteiger partial charge < -0.3 is 5.32 Å². The first-order valence-electron chi connectivity index (χ1n) is 4.54. The summed E-state index contributed by atoms with van der Waals surface area (Å²) in [6.07, 6.45) is 3.10. The molecule has 1 aromatic rings. The summed E-state index contributed by atoms with van der Waals surface area (Å²) in [4.78, 5) is 8.99. The summed E-state index contributed by atoms with van der Waals surface area (Å²) in [6, 6.07) is 0. The summed E-state index contributed by atoms with van der Waals surface area (Å²) in [5, 5.41) is 4.03. The van der Waals surface area contributed by atoms with Gasteiger partial charge in [-0.2, -0.15) is 11.8 Å². The minimum atomic E-state index is 0.871. The van der Waals surface area contributed by atoms with Crippen molar-refractivity contribution in [2.75, 3.05) is 24.4 Å². The monoisotopic (exact) mass is 227 g/mol. The normalized spacial score (nSPS) is 15.0. The Morgan fingerprint density at radius 3 is 3.00 bits per heavy atom. The molecule has 3 nitrogen and oxygen atoms in total. The molecule has 14 heavy (non-hydrogen) atoms. The molecule has 1 aliphatic rings. The number of fused-ring (bicyclic) bond motifs is 1. The van der Waals surface area contributed by atoms with E-state index in [1.807, 2.05) is 25.1 Å². The van der Waals surface area contributed by atoms with Crippen molar-refractivity contribution < 1.29 is 0 Å². The van der Waals surface area contributed by atoms with Crippen LogP contribution in [0.15, 0.2) is 5.16 Å². The van der Waals surface area contributed by atoms with Gasteiger partial charge in [-0.15, -0.1) is 0 Å². The number of rotatable bonds is 2. The lowest BCUT2D eigenvalue weighted by Crippen LogP contribution is -2.11. The Morgan fingerprint density at radius 1 is 1.43 bits per heavy atom. The molecular formula is C9H13N3S2. The molecule has 0 unspecified atom stereocenters. The molecule has 2 rings (SSSR count). The molecule has 0 aromatic carbocycles. The molecule has 0 saturated heterocycles.